The summed E-state index contributed by atoms with van der Waals surface area (Å²) in [7, 11) is -1.87. The number of benzene rings is 1. The zero-order chi connectivity index (χ0) is 21.5. The third-order valence-corrected chi connectivity index (χ3v) is 6.29. The lowest BCUT2D eigenvalue weighted by Gasteiger charge is -2.31. The largest absolute Gasteiger partial charge is 0.489 e. The van der Waals surface area contributed by atoms with Gasteiger partial charge in [0, 0.05) is 31.6 Å². The van der Waals surface area contributed by atoms with Crippen LogP contribution in [0.15, 0.2) is 41.1 Å². The number of hydrogen-bond acceptors (Lipinski definition) is 5. The summed E-state index contributed by atoms with van der Waals surface area (Å²) in [6.07, 6.45) is 0.405. The fourth-order valence-corrected chi connectivity index (χ4v) is 4.70. The summed E-state index contributed by atoms with van der Waals surface area (Å²) in [5.41, 5.74) is 5.05. The van der Waals surface area contributed by atoms with E-state index in [1.54, 1.807) is 11.9 Å². The summed E-state index contributed by atoms with van der Waals surface area (Å²) in [6.45, 7) is 7.65. The summed E-state index contributed by atoms with van der Waals surface area (Å²) in [5.74, 6) is 0.161. The molecule has 0 heterocycles. The van der Waals surface area contributed by atoms with Crippen LogP contribution in [0.5, 0.6) is 5.75 Å². The molecule has 8 heteroatoms. The van der Waals surface area contributed by atoms with Crippen LogP contribution in [0.2, 0.25) is 0 Å². The van der Waals surface area contributed by atoms with Crippen molar-refractivity contribution in [3.8, 4) is 5.75 Å². The molecule has 2 N–H and O–H groups in total. The van der Waals surface area contributed by atoms with Gasteiger partial charge in [-0.3, -0.25) is 4.79 Å². The summed E-state index contributed by atoms with van der Waals surface area (Å²) in [5, 5.41) is 0. The third kappa shape index (κ3) is 7.24. The molecule has 28 heavy (non-hydrogen) atoms. The summed E-state index contributed by atoms with van der Waals surface area (Å²) in [6, 6.07) is 5.98. The monoisotopic (exact) mass is 414 g/mol. The van der Waals surface area contributed by atoms with Crippen LogP contribution in [0.25, 0.3) is 0 Å². The van der Waals surface area contributed by atoms with E-state index >= 15 is 0 Å². The number of nitrogens with zero attached hydrogens (tertiary/aromatic N) is 1. The lowest BCUT2D eigenvalue weighted by atomic mass is 9.95. The maximum Gasteiger partial charge on any atom is 0.224 e. The van der Waals surface area contributed by atoms with E-state index in [-0.39, 0.29) is 35.6 Å². The normalized spacial score (nSPS) is 12.9. The Morgan fingerprint density at radius 3 is 2.32 bits per heavy atom. The highest BCUT2D eigenvalue weighted by atomic mass is 32.2. The number of hydrogen-bond donors (Lipinski definition) is 1. The Hall–Kier alpha value is -1.93. The molecule has 158 valence electrons. The maximum atomic E-state index is 12.8. The highest BCUT2D eigenvalue weighted by molar-refractivity contribution is 7.91. The average molecular weight is 415 g/mol. The molecule has 0 aliphatic rings. The van der Waals surface area contributed by atoms with Crippen molar-refractivity contribution in [2.24, 2.45) is 17.1 Å². The molecule has 0 aromatic heterocycles. The molecule has 0 spiro atoms. The molecule has 1 rings (SSSR count). The summed E-state index contributed by atoms with van der Waals surface area (Å²) >= 11 is 0. The first-order valence-corrected chi connectivity index (χ1v) is 10.8. The molecular formula is C20H31FN2O4S. The van der Waals surface area contributed by atoms with Crippen molar-refractivity contribution >= 4 is 15.7 Å². The molecule has 0 fully saturated rings. The van der Waals surface area contributed by atoms with Crippen molar-refractivity contribution in [1.29, 1.82) is 0 Å². The lowest BCUT2D eigenvalue weighted by Crippen LogP contribution is -2.41. The second kappa shape index (κ2) is 10.0. The Kier molecular flexibility index (Phi) is 8.63. The molecule has 1 amide bonds. The highest BCUT2D eigenvalue weighted by Gasteiger charge is 2.30. The summed E-state index contributed by atoms with van der Waals surface area (Å²) in [4.78, 5) is 13.8. The number of carbonyl (C=O) groups excluding carboxylic acids is 1. The van der Waals surface area contributed by atoms with Gasteiger partial charge < -0.3 is 15.4 Å². The number of nitrogens with two attached hydrogens (primary N) is 1. The first kappa shape index (κ1) is 24.1. The molecule has 0 saturated heterocycles. The van der Waals surface area contributed by atoms with Crippen molar-refractivity contribution in [1.82, 2.24) is 4.90 Å². The first-order valence-electron chi connectivity index (χ1n) is 9.10. The fourth-order valence-electron chi connectivity index (χ4n) is 2.86. The number of rotatable bonds is 10. The maximum absolute atomic E-state index is 12.8. The van der Waals surface area contributed by atoms with Crippen molar-refractivity contribution < 1.29 is 22.3 Å². The smallest absolute Gasteiger partial charge is 0.224 e. The molecule has 1 aromatic carbocycles. The predicted octanol–water partition coefficient (Wildman–Crippen LogP) is 2.79. The minimum atomic E-state index is -3.55. The number of halogens is 1. The average Bonchev–Trinajstić information content (AvgIpc) is 2.60. The van der Waals surface area contributed by atoms with Crippen molar-refractivity contribution in [2.45, 2.75) is 32.6 Å². The predicted molar refractivity (Wildman–Crippen MR) is 108 cm³/mol. The lowest BCUT2D eigenvalue weighted by molar-refractivity contribution is -0.134. The van der Waals surface area contributed by atoms with Crippen molar-refractivity contribution in [2.75, 3.05) is 32.5 Å². The molecule has 0 aliphatic carbocycles. The van der Waals surface area contributed by atoms with Gasteiger partial charge in [0.05, 0.1) is 17.0 Å². The van der Waals surface area contributed by atoms with E-state index in [9.17, 15) is 17.6 Å². The molecule has 6 nitrogen and oxygen atoms in total. The molecule has 0 aliphatic heterocycles. The van der Waals surface area contributed by atoms with Crippen molar-refractivity contribution in [3.05, 3.63) is 36.2 Å². The van der Waals surface area contributed by atoms with Crippen LogP contribution in [-0.4, -0.2) is 51.7 Å². The van der Waals surface area contributed by atoms with Crippen LogP contribution in [0.3, 0.4) is 0 Å². The Bertz CT molecular complexity index is 787. The topological polar surface area (TPSA) is 89.7 Å². The molecule has 0 atom stereocenters. The van der Waals surface area contributed by atoms with Gasteiger partial charge in [-0.05, 0) is 29.7 Å². The van der Waals surface area contributed by atoms with Crippen LogP contribution in [-0.2, 0) is 14.6 Å². The molecule has 0 saturated carbocycles. The van der Waals surface area contributed by atoms with E-state index in [1.165, 1.54) is 24.3 Å². The minimum Gasteiger partial charge on any atom is -0.489 e. The number of amides is 1. The Balaban J connectivity index is 2.82. The van der Waals surface area contributed by atoms with Gasteiger partial charge in [-0.2, -0.15) is 0 Å². The van der Waals surface area contributed by atoms with Gasteiger partial charge in [-0.15, -0.1) is 0 Å². The minimum absolute atomic E-state index is 0.00232. The van der Waals surface area contributed by atoms with Crippen LogP contribution < -0.4 is 10.5 Å². The Morgan fingerprint density at radius 1 is 1.29 bits per heavy atom. The van der Waals surface area contributed by atoms with E-state index in [0.29, 0.717) is 24.2 Å². The van der Waals surface area contributed by atoms with Gasteiger partial charge in [-0.25, -0.2) is 12.8 Å². The first-order chi connectivity index (χ1) is 12.9. The van der Waals surface area contributed by atoms with E-state index in [2.05, 4.69) is 0 Å². The van der Waals surface area contributed by atoms with Gasteiger partial charge in [0.15, 0.2) is 9.84 Å². The Labute approximate surface area is 167 Å². The van der Waals surface area contributed by atoms with E-state index in [0.717, 1.165) is 0 Å². The third-order valence-electron chi connectivity index (χ3n) is 4.14. The highest BCUT2D eigenvalue weighted by Crippen LogP contribution is 2.25. The zero-order valence-corrected chi connectivity index (χ0v) is 18.1. The SMILES string of the molecule is CC(C)C(=O)N(C)CC(C)(C)CS(=O)(=O)c1ccc(OCC(=CF)CN)cc1. The van der Waals surface area contributed by atoms with Gasteiger partial charge in [0.1, 0.15) is 12.4 Å². The van der Waals surface area contributed by atoms with Gasteiger partial charge in [0.25, 0.3) is 0 Å². The fraction of sp³-hybridized carbons (Fsp3) is 0.550. The van der Waals surface area contributed by atoms with Crippen molar-refractivity contribution in [3.63, 3.8) is 0 Å². The molecule has 0 bridgehead atoms. The van der Waals surface area contributed by atoms with E-state index in [1.807, 2.05) is 27.7 Å². The standard InChI is InChI=1S/C20H31FN2O4S/c1-15(2)19(24)23(5)13-20(3,4)14-28(25,26)18-8-6-17(7-9-18)27-12-16(10-21)11-22/h6-10,15H,11-14,22H2,1-5H3. The summed E-state index contributed by atoms with van der Waals surface area (Å²) < 4.78 is 43.5. The number of carbonyl (C=O) groups is 1. The van der Waals surface area contributed by atoms with Crippen LogP contribution in [0, 0.1) is 11.3 Å². The number of sulfone groups is 1. The number of ether oxygens (including phenoxy) is 1. The quantitative estimate of drug-likeness (QED) is 0.636. The van der Waals surface area contributed by atoms with E-state index in [4.69, 9.17) is 10.5 Å². The van der Waals surface area contributed by atoms with Crippen LogP contribution in [0.4, 0.5) is 4.39 Å². The van der Waals surface area contributed by atoms with E-state index < -0.39 is 15.3 Å². The molecule has 0 radical (unpaired) electrons. The van der Waals surface area contributed by atoms with Gasteiger partial charge in [0.2, 0.25) is 5.91 Å². The molecule has 1 aromatic rings. The molecule has 0 unspecified atom stereocenters. The second-order valence-corrected chi connectivity index (χ2v) is 9.99. The molecular weight excluding hydrogens is 383 g/mol. The van der Waals surface area contributed by atoms with Gasteiger partial charge >= 0.3 is 0 Å². The Morgan fingerprint density at radius 2 is 1.86 bits per heavy atom. The zero-order valence-electron chi connectivity index (χ0n) is 17.2. The second-order valence-electron chi connectivity index (χ2n) is 8.00. The van der Waals surface area contributed by atoms with Crippen LogP contribution in [0.1, 0.15) is 27.7 Å². The van der Waals surface area contributed by atoms with Crippen LogP contribution >= 0.6 is 0 Å². The van der Waals surface area contributed by atoms with Gasteiger partial charge in [-0.1, -0.05) is 27.7 Å².